The van der Waals surface area contributed by atoms with Gasteiger partial charge in [0.2, 0.25) is 10.0 Å². The number of hydrogen-bond acceptors (Lipinski definition) is 3. The van der Waals surface area contributed by atoms with Crippen LogP contribution in [0.1, 0.15) is 56.6 Å². The summed E-state index contributed by atoms with van der Waals surface area (Å²) < 4.78 is 26.0. The van der Waals surface area contributed by atoms with Crippen molar-refractivity contribution in [2.75, 3.05) is 18.8 Å². The van der Waals surface area contributed by atoms with Crippen LogP contribution in [0.25, 0.3) is 0 Å². The first-order chi connectivity index (χ1) is 11.0. The lowest BCUT2D eigenvalue weighted by Gasteiger charge is -2.13. The lowest BCUT2D eigenvalue weighted by Crippen LogP contribution is -2.29. The van der Waals surface area contributed by atoms with Crippen LogP contribution < -0.4 is 10.5 Å². The highest BCUT2D eigenvalue weighted by Crippen LogP contribution is 2.15. The molecule has 0 aromatic heterocycles. The zero-order valence-electron chi connectivity index (χ0n) is 14.5. The zero-order chi connectivity index (χ0) is 17.1. The van der Waals surface area contributed by atoms with Crippen molar-refractivity contribution in [1.29, 1.82) is 0 Å². The first kappa shape index (κ1) is 22.9. The van der Waals surface area contributed by atoms with Crippen molar-refractivity contribution in [3.63, 3.8) is 0 Å². The Kier molecular flexibility index (Phi) is 11.8. The molecule has 6 heteroatoms. The highest BCUT2D eigenvalue weighted by atomic mass is 35.5. The van der Waals surface area contributed by atoms with E-state index in [-0.39, 0.29) is 24.1 Å². The monoisotopic (exact) mass is 372 g/mol. The molecule has 0 aliphatic carbocycles. The Morgan fingerprint density at radius 3 is 2.46 bits per heavy atom. The second-order valence-electron chi connectivity index (χ2n) is 5.74. The van der Waals surface area contributed by atoms with E-state index in [0.29, 0.717) is 13.0 Å². The fraction of sp³-hybridized carbons (Fsp3) is 0.556. The molecule has 0 heterocycles. The van der Waals surface area contributed by atoms with Gasteiger partial charge in [-0.3, -0.25) is 0 Å². The maximum Gasteiger partial charge on any atom is 0.211 e. The lowest BCUT2D eigenvalue weighted by atomic mass is 10.0. The zero-order valence-corrected chi connectivity index (χ0v) is 16.2. The predicted octanol–water partition coefficient (Wildman–Crippen LogP) is 3.02. The van der Waals surface area contributed by atoms with Crippen LogP contribution in [0.2, 0.25) is 0 Å². The van der Waals surface area contributed by atoms with Crippen LogP contribution in [0.3, 0.4) is 0 Å². The van der Waals surface area contributed by atoms with Crippen LogP contribution in [0.4, 0.5) is 0 Å². The maximum atomic E-state index is 11.7. The SMILES string of the molecule is CCCS(=O)(=O)NCC(C)c1ccc(C#CCCCCN)cc1.Cl. The van der Waals surface area contributed by atoms with Gasteiger partial charge in [0.15, 0.2) is 0 Å². The van der Waals surface area contributed by atoms with E-state index in [0.717, 1.165) is 36.9 Å². The van der Waals surface area contributed by atoms with Gasteiger partial charge in [0.25, 0.3) is 0 Å². The van der Waals surface area contributed by atoms with Crippen LogP contribution in [-0.2, 0) is 10.0 Å². The van der Waals surface area contributed by atoms with E-state index in [9.17, 15) is 8.42 Å². The van der Waals surface area contributed by atoms with Crippen molar-refractivity contribution >= 4 is 22.4 Å². The molecule has 1 atom stereocenters. The van der Waals surface area contributed by atoms with Crippen molar-refractivity contribution in [2.24, 2.45) is 5.73 Å². The van der Waals surface area contributed by atoms with E-state index in [1.807, 2.05) is 38.1 Å². The Morgan fingerprint density at radius 2 is 1.88 bits per heavy atom. The summed E-state index contributed by atoms with van der Waals surface area (Å²) in [5.41, 5.74) is 7.54. The number of hydrogen-bond donors (Lipinski definition) is 2. The van der Waals surface area contributed by atoms with E-state index in [2.05, 4.69) is 16.6 Å². The third-order valence-corrected chi connectivity index (χ3v) is 5.10. The van der Waals surface area contributed by atoms with E-state index in [1.165, 1.54) is 0 Å². The van der Waals surface area contributed by atoms with Crippen molar-refractivity contribution < 1.29 is 8.42 Å². The largest absolute Gasteiger partial charge is 0.330 e. The van der Waals surface area contributed by atoms with Crippen LogP contribution >= 0.6 is 12.4 Å². The molecule has 3 N–H and O–H groups in total. The second kappa shape index (κ2) is 12.3. The van der Waals surface area contributed by atoms with Gasteiger partial charge in [-0.2, -0.15) is 0 Å². The molecule has 0 aliphatic heterocycles. The average Bonchev–Trinajstić information content (AvgIpc) is 2.53. The minimum Gasteiger partial charge on any atom is -0.330 e. The summed E-state index contributed by atoms with van der Waals surface area (Å²) in [6, 6.07) is 8.01. The average molecular weight is 373 g/mol. The van der Waals surface area contributed by atoms with Crippen molar-refractivity contribution in [2.45, 2.75) is 45.4 Å². The summed E-state index contributed by atoms with van der Waals surface area (Å²) in [4.78, 5) is 0. The predicted molar refractivity (Wildman–Crippen MR) is 104 cm³/mol. The topological polar surface area (TPSA) is 72.2 Å². The van der Waals surface area contributed by atoms with Gasteiger partial charge in [0.1, 0.15) is 0 Å². The third-order valence-electron chi connectivity index (χ3n) is 3.55. The molecule has 4 nitrogen and oxygen atoms in total. The standard InChI is InChI=1S/C18H28N2O2S.ClH/c1-3-14-23(21,22)20-15-16(2)18-11-9-17(10-12-18)8-6-4-5-7-13-19;/h9-12,16,20H,3-5,7,13-15,19H2,1-2H3;1H. The number of halogens is 1. The molecule has 136 valence electrons. The van der Waals surface area contributed by atoms with Gasteiger partial charge in [-0.15, -0.1) is 12.4 Å². The molecule has 1 aromatic carbocycles. The van der Waals surface area contributed by atoms with Crippen LogP contribution in [0.15, 0.2) is 24.3 Å². The van der Waals surface area contributed by atoms with Gasteiger partial charge < -0.3 is 5.73 Å². The smallest absolute Gasteiger partial charge is 0.211 e. The van der Waals surface area contributed by atoms with E-state index < -0.39 is 10.0 Å². The van der Waals surface area contributed by atoms with Crippen molar-refractivity contribution in [1.82, 2.24) is 4.72 Å². The second-order valence-corrected chi connectivity index (χ2v) is 7.66. The Hall–Kier alpha value is -1.06. The van der Waals surface area contributed by atoms with Gasteiger partial charge in [-0.05, 0) is 49.4 Å². The summed E-state index contributed by atoms with van der Waals surface area (Å²) in [5, 5.41) is 0. The summed E-state index contributed by atoms with van der Waals surface area (Å²) in [6.45, 7) is 5.02. The van der Waals surface area contributed by atoms with Gasteiger partial charge >= 0.3 is 0 Å². The third kappa shape index (κ3) is 9.29. The van der Waals surface area contributed by atoms with Gasteiger partial charge in [-0.1, -0.05) is 37.8 Å². The van der Waals surface area contributed by atoms with Gasteiger partial charge in [-0.25, -0.2) is 13.1 Å². The van der Waals surface area contributed by atoms with E-state index >= 15 is 0 Å². The first-order valence-corrected chi connectivity index (χ1v) is 9.90. The fourth-order valence-corrected chi connectivity index (χ4v) is 3.31. The van der Waals surface area contributed by atoms with Crippen molar-refractivity contribution in [3.8, 4) is 11.8 Å². The normalized spacial score (nSPS) is 12.0. The molecular weight excluding hydrogens is 344 g/mol. The van der Waals surface area contributed by atoms with Gasteiger partial charge in [0, 0.05) is 18.5 Å². The molecule has 1 aromatic rings. The number of rotatable bonds is 9. The van der Waals surface area contributed by atoms with Crippen LogP contribution in [-0.4, -0.2) is 27.3 Å². The molecule has 0 fully saturated rings. The molecule has 0 radical (unpaired) electrons. The highest BCUT2D eigenvalue weighted by molar-refractivity contribution is 7.89. The molecule has 1 unspecified atom stereocenters. The van der Waals surface area contributed by atoms with Crippen LogP contribution in [0.5, 0.6) is 0 Å². The fourth-order valence-electron chi connectivity index (χ4n) is 2.13. The molecular formula is C18H29ClN2O2S. The number of sulfonamides is 1. The summed E-state index contributed by atoms with van der Waals surface area (Å²) in [7, 11) is -3.14. The summed E-state index contributed by atoms with van der Waals surface area (Å²) in [5.74, 6) is 6.60. The Balaban J connectivity index is 0.00000529. The molecule has 24 heavy (non-hydrogen) atoms. The summed E-state index contributed by atoms with van der Waals surface area (Å²) >= 11 is 0. The molecule has 1 rings (SSSR count). The molecule has 0 saturated carbocycles. The first-order valence-electron chi connectivity index (χ1n) is 8.24. The number of nitrogens with two attached hydrogens (primary N) is 1. The minimum atomic E-state index is -3.14. The van der Waals surface area contributed by atoms with Crippen molar-refractivity contribution in [3.05, 3.63) is 35.4 Å². The number of nitrogens with one attached hydrogen (secondary N) is 1. The molecule has 0 bridgehead atoms. The highest BCUT2D eigenvalue weighted by Gasteiger charge is 2.11. The lowest BCUT2D eigenvalue weighted by molar-refractivity contribution is 0.573. The van der Waals surface area contributed by atoms with Crippen LogP contribution in [0, 0.1) is 11.8 Å². The van der Waals surface area contributed by atoms with E-state index in [4.69, 9.17) is 5.73 Å². The maximum absolute atomic E-state index is 11.7. The number of unbranched alkanes of at least 4 members (excludes halogenated alkanes) is 2. The molecule has 0 spiro atoms. The Morgan fingerprint density at radius 1 is 1.21 bits per heavy atom. The minimum absolute atomic E-state index is 0. The Bertz CT molecular complexity index is 619. The quantitative estimate of drug-likeness (QED) is 0.517. The van der Waals surface area contributed by atoms with Gasteiger partial charge in [0.05, 0.1) is 5.75 Å². The molecule has 0 amide bonds. The molecule has 0 aliphatic rings. The van der Waals surface area contributed by atoms with E-state index in [1.54, 1.807) is 0 Å². The molecule has 0 saturated heterocycles. The summed E-state index contributed by atoms with van der Waals surface area (Å²) in [6.07, 6.45) is 3.55. The number of benzene rings is 1. The Labute approximate surface area is 153 Å².